The minimum atomic E-state index is -4.90. The van der Waals surface area contributed by atoms with E-state index in [1.165, 1.54) is 45.2 Å². The van der Waals surface area contributed by atoms with E-state index in [0.717, 1.165) is 10.6 Å². The van der Waals surface area contributed by atoms with Crippen LogP contribution in [0.1, 0.15) is 84.8 Å². The Morgan fingerprint density at radius 2 is 1.83 bits per heavy atom. The molecule has 3 atom stereocenters. The maximum Gasteiger partial charge on any atom is 0.524 e. The smallest absolute Gasteiger partial charge is 0.491 e. The summed E-state index contributed by atoms with van der Waals surface area (Å²) in [5.74, 6) is -0.643. The first kappa shape index (κ1) is 43.7. The van der Waals surface area contributed by atoms with Crippen LogP contribution in [0.2, 0.25) is 0 Å². The number of pyridine rings is 1. The molecule has 60 heavy (non-hydrogen) atoms. The highest BCUT2D eigenvalue weighted by molar-refractivity contribution is 8.76. The molecule has 3 unspecified atom stereocenters. The van der Waals surface area contributed by atoms with Gasteiger partial charge in [0.25, 0.3) is 5.56 Å². The molecule has 4 heterocycles. The SMILES string of the molecule is COc1cc2c(=O)nc3c(c(C(=O)OCC(C)SSc4ccccn4)n2c1OCCCCCC(=O)N1CC(CCl)c2c1cc(OP(=O)(O)O)c1ccccc21)C(O)CCC3. The number of halogens is 1. The molecule has 0 saturated heterocycles. The fraction of sp³-hybridized carbons (Fsp3) is 0.390. The number of unbranched alkanes of at least 4 members (excludes halogenated alkanes) is 2. The van der Waals surface area contributed by atoms with Crippen molar-refractivity contribution in [2.24, 2.45) is 0 Å². The number of aromatic nitrogens is 3. The van der Waals surface area contributed by atoms with E-state index in [-0.39, 0.29) is 76.7 Å². The molecule has 15 nitrogen and oxygen atoms in total. The van der Waals surface area contributed by atoms with Gasteiger partial charge in [-0.1, -0.05) is 41.1 Å². The largest absolute Gasteiger partial charge is 0.524 e. The minimum absolute atomic E-state index is 0.0254. The Morgan fingerprint density at radius 3 is 2.57 bits per heavy atom. The molecule has 19 heteroatoms. The Hall–Kier alpha value is -4.35. The zero-order valence-corrected chi connectivity index (χ0v) is 36.1. The van der Waals surface area contributed by atoms with Gasteiger partial charge >= 0.3 is 13.8 Å². The van der Waals surface area contributed by atoms with Gasteiger partial charge in [-0.15, -0.1) is 11.6 Å². The second-order valence-electron chi connectivity index (χ2n) is 14.5. The fourth-order valence-electron chi connectivity index (χ4n) is 7.63. The van der Waals surface area contributed by atoms with E-state index < -0.39 is 25.5 Å². The molecule has 1 aliphatic heterocycles. The van der Waals surface area contributed by atoms with Crippen molar-refractivity contribution in [3.8, 4) is 17.4 Å². The summed E-state index contributed by atoms with van der Waals surface area (Å²) in [4.78, 5) is 70.8. The van der Waals surface area contributed by atoms with E-state index in [1.807, 2.05) is 31.2 Å². The number of benzene rings is 2. The van der Waals surface area contributed by atoms with Crippen molar-refractivity contribution in [2.75, 3.05) is 37.6 Å². The predicted molar refractivity (Wildman–Crippen MR) is 230 cm³/mol. The Bertz CT molecular complexity index is 2510. The molecule has 5 aromatic rings. The number of amides is 1. The van der Waals surface area contributed by atoms with Gasteiger partial charge in [0.05, 0.1) is 31.2 Å². The lowest BCUT2D eigenvalue weighted by atomic mass is 9.92. The number of aryl methyl sites for hydroxylation is 1. The third-order valence-electron chi connectivity index (χ3n) is 10.3. The van der Waals surface area contributed by atoms with Crippen molar-refractivity contribution in [3.63, 3.8) is 0 Å². The van der Waals surface area contributed by atoms with E-state index in [1.54, 1.807) is 29.3 Å². The number of alkyl halides is 1. The number of aliphatic hydroxyl groups excluding tert-OH is 1. The lowest BCUT2D eigenvalue weighted by Gasteiger charge is -2.22. The van der Waals surface area contributed by atoms with Crippen molar-refractivity contribution < 1.29 is 47.8 Å². The number of esters is 1. The summed E-state index contributed by atoms with van der Waals surface area (Å²) >= 11 is 6.38. The van der Waals surface area contributed by atoms with Crippen molar-refractivity contribution in [1.82, 2.24) is 14.4 Å². The molecule has 7 rings (SSSR count). The summed E-state index contributed by atoms with van der Waals surface area (Å²) in [6.07, 6.45) is 3.69. The van der Waals surface area contributed by atoms with Gasteiger partial charge in [0.1, 0.15) is 28.6 Å². The van der Waals surface area contributed by atoms with Crippen LogP contribution < -0.4 is 24.5 Å². The average molecular weight is 899 g/mol. The first-order valence-corrected chi connectivity index (χ1v) is 23.7. The molecule has 318 valence electrons. The monoisotopic (exact) mass is 898 g/mol. The number of carbonyl (C=O) groups is 2. The van der Waals surface area contributed by atoms with Crippen LogP contribution >= 0.6 is 41.0 Å². The second kappa shape index (κ2) is 19.1. The molecular weight excluding hydrogens is 855 g/mol. The number of hydrogen-bond acceptors (Lipinski definition) is 13. The quantitative estimate of drug-likeness (QED) is 0.0274. The summed E-state index contributed by atoms with van der Waals surface area (Å²) in [5, 5.41) is 13.1. The van der Waals surface area contributed by atoms with E-state index >= 15 is 0 Å². The van der Waals surface area contributed by atoms with Crippen LogP contribution in [0.25, 0.3) is 16.3 Å². The topological polar surface area (TPSA) is 199 Å². The van der Waals surface area contributed by atoms with E-state index in [2.05, 4.69) is 9.97 Å². The molecule has 3 aromatic heterocycles. The number of anilines is 1. The molecule has 0 spiro atoms. The number of fused-ring (bicyclic) bond motifs is 5. The molecule has 3 N–H and O–H groups in total. The molecule has 0 fully saturated rings. The molecule has 0 bridgehead atoms. The number of carbonyl (C=O) groups excluding carboxylic acids is 2. The van der Waals surface area contributed by atoms with Gasteiger partial charge in [0.2, 0.25) is 11.8 Å². The number of phosphoric ester groups is 1. The van der Waals surface area contributed by atoms with Crippen LogP contribution in [0.15, 0.2) is 70.6 Å². The lowest BCUT2D eigenvalue weighted by molar-refractivity contribution is -0.118. The molecule has 2 aliphatic rings. The average Bonchev–Trinajstić information content (AvgIpc) is 3.76. The van der Waals surface area contributed by atoms with Gasteiger partial charge < -0.3 is 28.7 Å². The van der Waals surface area contributed by atoms with E-state index in [0.29, 0.717) is 67.2 Å². The number of rotatable bonds is 17. The Labute approximate surface area is 358 Å². The van der Waals surface area contributed by atoms with Crippen molar-refractivity contribution >= 4 is 74.9 Å². The maximum absolute atomic E-state index is 14.1. The van der Waals surface area contributed by atoms with Crippen molar-refractivity contribution in [3.05, 3.63) is 93.7 Å². The van der Waals surface area contributed by atoms with Crippen LogP contribution in [0, 0.1) is 0 Å². The number of nitrogens with zero attached hydrogens (tertiary/aromatic N) is 4. The van der Waals surface area contributed by atoms with Crippen LogP contribution in [0.4, 0.5) is 5.69 Å². The van der Waals surface area contributed by atoms with Gasteiger partial charge in [-0.3, -0.25) is 23.8 Å². The maximum atomic E-state index is 14.1. The van der Waals surface area contributed by atoms with E-state index in [4.69, 9.17) is 30.3 Å². The molecule has 1 aliphatic carbocycles. The third kappa shape index (κ3) is 9.57. The van der Waals surface area contributed by atoms with Crippen molar-refractivity contribution in [1.29, 1.82) is 0 Å². The van der Waals surface area contributed by atoms with Crippen LogP contribution in [0.3, 0.4) is 0 Å². The van der Waals surface area contributed by atoms with Gasteiger partial charge in [-0.25, -0.2) is 19.3 Å². The summed E-state index contributed by atoms with van der Waals surface area (Å²) in [6.45, 7) is 2.39. The normalized spacial score (nSPS) is 16.7. The number of methoxy groups -OCH3 is 1. The first-order chi connectivity index (χ1) is 28.9. The fourth-order valence-corrected chi connectivity index (χ4v) is 10.2. The zero-order valence-electron chi connectivity index (χ0n) is 32.8. The Kier molecular flexibility index (Phi) is 14.0. The van der Waals surface area contributed by atoms with E-state index in [9.17, 15) is 33.8 Å². The number of phosphoric acid groups is 1. The highest BCUT2D eigenvalue weighted by Crippen LogP contribution is 2.49. The Balaban J connectivity index is 1.06. The molecule has 2 aromatic carbocycles. The summed E-state index contributed by atoms with van der Waals surface area (Å²) in [5.41, 5.74) is 1.23. The number of ether oxygens (including phenoxy) is 3. The highest BCUT2D eigenvalue weighted by Gasteiger charge is 2.36. The molecule has 0 radical (unpaired) electrons. The highest BCUT2D eigenvalue weighted by atomic mass is 35.5. The minimum Gasteiger partial charge on any atom is -0.491 e. The summed E-state index contributed by atoms with van der Waals surface area (Å²) in [6, 6.07) is 15.6. The van der Waals surface area contributed by atoms with Gasteiger partial charge in [-0.2, -0.15) is 0 Å². The first-order valence-electron chi connectivity index (χ1n) is 19.4. The van der Waals surface area contributed by atoms with Gasteiger partial charge in [0, 0.05) is 59.3 Å². The standard InChI is InChI=1S/C41H44ClN4O11PS2/c1-24(59-60-34-15-7-8-17-43-34)23-56-41(50)38-37-28(13-10-14-31(37)47)44-39(49)30-20-33(54-2)40(46(30)38)55-18-9-3-4-16-35(48)45-22-25(21-42)36-27-12-6-5-11-26(27)32(19-29(36)45)57-58(51,52)53/h5-8,11-12,15,17,19-20,24-25,31,47H,3-4,9-10,13-14,16,18,21-23H2,1-2H3,(H2,51,52,53). The number of aliphatic hydroxyl groups is 1. The van der Waals surface area contributed by atoms with Gasteiger partial charge in [0.15, 0.2) is 5.75 Å². The summed E-state index contributed by atoms with van der Waals surface area (Å²) < 4.78 is 36.0. The summed E-state index contributed by atoms with van der Waals surface area (Å²) in [7, 11) is -0.526. The molecular formula is C41H44ClN4O11PS2. The third-order valence-corrected chi connectivity index (χ3v) is 13.9. The molecule has 0 saturated carbocycles. The number of hydrogen-bond donors (Lipinski definition) is 3. The van der Waals surface area contributed by atoms with Crippen molar-refractivity contribution in [2.45, 2.75) is 74.2 Å². The van der Waals surface area contributed by atoms with Crippen LogP contribution in [-0.2, 0) is 20.5 Å². The Morgan fingerprint density at radius 1 is 1.05 bits per heavy atom. The van der Waals surface area contributed by atoms with Crippen LogP contribution in [-0.4, -0.2) is 79.1 Å². The lowest BCUT2D eigenvalue weighted by Crippen LogP contribution is -2.29. The predicted octanol–water partition coefficient (Wildman–Crippen LogP) is 7.39. The second-order valence-corrected chi connectivity index (χ2v) is 18.6. The molecule has 1 amide bonds. The van der Waals surface area contributed by atoms with Crippen LogP contribution in [0.5, 0.6) is 17.4 Å². The zero-order chi connectivity index (χ0) is 42.6. The van der Waals surface area contributed by atoms with Gasteiger partial charge in [-0.05, 0) is 79.3 Å².